The van der Waals surface area contributed by atoms with E-state index < -0.39 is 5.97 Å². The van der Waals surface area contributed by atoms with Crippen molar-refractivity contribution in [2.45, 2.75) is 19.3 Å². The third-order valence-corrected chi connectivity index (χ3v) is 4.21. The molecule has 3 rings (SSSR count). The molecule has 0 amide bonds. The predicted molar refractivity (Wildman–Crippen MR) is 70.4 cm³/mol. The van der Waals surface area contributed by atoms with Gasteiger partial charge in [-0.2, -0.15) is 0 Å². The average Bonchev–Trinajstić information content (AvgIpc) is 2.83. The van der Waals surface area contributed by atoms with Crippen LogP contribution in [0, 0.1) is 0 Å². The van der Waals surface area contributed by atoms with Crippen molar-refractivity contribution in [3.8, 4) is 0 Å². The van der Waals surface area contributed by atoms with E-state index >= 15 is 0 Å². The number of piperidine rings is 1. The maximum atomic E-state index is 11.0. The molecule has 1 saturated heterocycles. The van der Waals surface area contributed by atoms with Gasteiger partial charge < -0.3 is 10.0 Å². The van der Waals surface area contributed by atoms with Gasteiger partial charge in [-0.25, -0.2) is 14.8 Å². The van der Waals surface area contributed by atoms with Crippen molar-refractivity contribution in [1.82, 2.24) is 9.97 Å². The summed E-state index contributed by atoms with van der Waals surface area (Å²) < 4.78 is 0. The highest BCUT2D eigenvalue weighted by Crippen LogP contribution is 2.31. The van der Waals surface area contributed by atoms with Crippen LogP contribution in [-0.4, -0.2) is 34.1 Å². The minimum absolute atomic E-state index is 0.323. The molecule has 0 spiro atoms. The van der Waals surface area contributed by atoms with E-state index in [1.54, 1.807) is 6.07 Å². The highest BCUT2D eigenvalue weighted by Gasteiger charge is 2.18. The molecule has 94 valence electrons. The van der Waals surface area contributed by atoms with Crippen LogP contribution in [0.4, 0.5) is 5.82 Å². The van der Waals surface area contributed by atoms with Crippen molar-refractivity contribution in [3.63, 3.8) is 0 Å². The zero-order chi connectivity index (χ0) is 12.5. The fraction of sp³-hybridized carbons (Fsp3) is 0.417. The largest absolute Gasteiger partial charge is 0.477 e. The van der Waals surface area contributed by atoms with Crippen molar-refractivity contribution in [1.29, 1.82) is 0 Å². The minimum atomic E-state index is -0.900. The van der Waals surface area contributed by atoms with Crippen molar-refractivity contribution >= 4 is 33.3 Å². The molecule has 0 atom stereocenters. The number of carboxylic acid groups (broad SMARTS) is 1. The molecule has 0 saturated carbocycles. The Morgan fingerprint density at radius 2 is 2.06 bits per heavy atom. The van der Waals surface area contributed by atoms with Gasteiger partial charge in [-0.1, -0.05) is 0 Å². The monoisotopic (exact) mass is 263 g/mol. The predicted octanol–water partition coefficient (Wildman–Crippen LogP) is 2.38. The fourth-order valence-corrected chi connectivity index (χ4v) is 3.14. The van der Waals surface area contributed by atoms with Crippen LogP contribution in [-0.2, 0) is 0 Å². The number of aromatic carboxylic acids is 1. The number of thiophene rings is 1. The number of carbonyl (C=O) groups is 1. The number of hydrogen-bond donors (Lipinski definition) is 1. The maximum Gasteiger partial charge on any atom is 0.345 e. The normalized spacial score (nSPS) is 16.1. The number of fused-ring (bicyclic) bond motifs is 1. The molecule has 0 aromatic carbocycles. The second-order valence-electron chi connectivity index (χ2n) is 4.38. The summed E-state index contributed by atoms with van der Waals surface area (Å²) in [5, 5.41) is 9.90. The number of hydrogen-bond acceptors (Lipinski definition) is 5. The Balaban J connectivity index is 2.07. The van der Waals surface area contributed by atoms with Gasteiger partial charge in [-0.15, -0.1) is 11.3 Å². The molecule has 0 unspecified atom stereocenters. The Labute approximate surface area is 108 Å². The highest BCUT2D eigenvalue weighted by atomic mass is 32.1. The third kappa shape index (κ3) is 1.92. The van der Waals surface area contributed by atoms with Gasteiger partial charge in [0, 0.05) is 13.1 Å². The summed E-state index contributed by atoms with van der Waals surface area (Å²) in [6.45, 7) is 1.98. The van der Waals surface area contributed by atoms with E-state index in [4.69, 9.17) is 5.11 Å². The highest BCUT2D eigenvalue weighted by molar-refractivity contribution is 7.20. The van der Waals surface area contributed by atoms with Crippen LogP contribution in [0.3, 0.4) is 0 Å². The molecule has 1 fully saturated rings. The van der Waals surface area contributed by atoms with Gasteiger partial charge >= 0.3 is 5.97 Å². The van der Waals surface area contributed by atoms with Crippen LogP contribution in [0.2, 0.25) is 0 Å². The van der Waals surface area contributed by atoms with Gasteiger partial charge in [-0.05, 0) is 25.3 Å². The molecule has 0 radical (unpaired) electrons. The summed E-state index contributed by atoms with van der Waals surface area (Å²) in [4.78, 5) is 22.8. The van der Waals surface area contributed by atoms with Crippen molar-refractivity contribution in [3.05, 3.63) is 17.3 Å². The van der Waals surface area contributed by atoms with Gasteiger partial charge in [0.25, 0.3) is 0 Å². The molecule has 1 N–H and O–H groups in total. The van der Waals surface area contributed by atoms with Crippen molar-refractivity contribution in [2.24, 2.45) is 0 Å². The Morgan fingerprint density at radius 1 is 1.28 bits per heavy atom. The summed E-state index contributed by atoms with van der Waals surface area (Å²) >= 11 is 1.21. The molecule has 0 aliphatic carbocycles. The standard InChI is InChI=1S/C12H13N3O2S/c16-12(17)9-6-8-10(13-7-14-11(8)18-9)15-4-2-1-3-5-15/h6-7H,1-5H2,(H,16,17). The van der Waals surface area contributed by atoms with Crippen LogP contribution >= 0.6 is 11.3 Å². The topological polar surface area (TPSA) is 66.3 Å². The van der Waals surface area contributed by atoms with Crippen LogP contribution in [0.25, 0.3) is 10.2 Å². The van der Waals surface area contributed by atoms with E-state index in [-0.39, 0.29) is 0 Å². The Bertz CT molecular complexity index is 590. The molecule has 18 heavy (non-hydrogen) atoms. The lowest BCUT2D eigenvalue weighted by molar-refractivity contribution is 0.0702. The molecule has 2 aromatic rings. The number of rotatable bonds is 2. The molecule has 1 aliphatic rings. The third-order valence-electron chi connectivity index (χ3n) is 3.17. The molecule has 2 aromatic heterocycles. The SMILES string of the molecule is O=C(O)c1cc2c(N3CCCCC3)ncnc2s1. The van der Waals surface area contributed by atoms with Crippen molar-refractivity contribution in [2.75, 3.05) is 18.0 Å². The summed E-state index contributed by atoms with van der Waals surface area (Å²) in [5.41, 5.74) is 0. The molecule has 3 heterocycles. The molecule has 6 heteroatoms. The van der Waals surface area contributed by atoms with Gasteiger partial charge in [0.05, 0.1) is 5.39 Å². The molecule has 1 aliphatic heterocycles. The van der Waals surface area contributed by atoms with Gasteiger partial charge in [0.2, 0.25) is 0 Å². The minimum Gasteiger partial charge on any atom is -0.477 e. The number of nitrogens with zero attached hydrogens (tertiary/aromatic N) is 3. The first-order valence-corrected chi connectivity index (χ1v) is 6.80. The quantitative estimate of drug-likeness (QED) is 0.901. The molecular weight excluding hydrogens is 250 g/mol. The first-order valence-electron chi connectivity index (χ1n) is 5.98. The Morgan fingerprint density at radius 3 is 2.78 bits per heavy atom. The second-order valence-corrected chi connectivity index (χ2v) is 5.41. The lowest BCUT2D eigenvalue weighted by Gasteiger charge is -2.27. The van der Waals surface area contributed by atoms with Crippen LogP contribution in [0.1, 0.15) is 28.9 Å². The first-order chi connectivity index (χ1) is 8.75. The molecular formula is C12H13N3O2S. The molecule has 0 bridgehead atoms. The maximum absolute atomic E-state index is 11.0. The lowest BCUT2D eigenvalue weighted by atomic mass is 10.1. The number of aromatic nitrogens is 2. The number of carboxylic acids is 1. The second kappa shape index (κ2) is 4.53. The zero-order valence-corrected chi connectivity index (χ0v) is 10.6. The Kier molecular flexibility index (Phi) is 2.87. The van der Waals surface area contributed by atoms with E-state index in [0.717, 1.165) is 29.1 Å². The summed E-state index contributed by atoms with van der Waals surface area (Å²) in [6.07, 6.45) is 5.12. The number of anilines is 1. The lowest BCUT2D eigenvalue weighted by Crippen LogP contribution is -2.30. The average molecular weight is 263 g/mol. The summed E-state index contributed by atoms with van der Waals surface area (Å²) in [6, 6.07) is 1.69. The van der Waals surface area contributed by atoms with E-state index in [1.165, 1.54) is 36.9 Å². The van der Waals surface area contributed by atoms with Gasteiger partial charge in [0.1, 0.15) is 21.9 Å². The van der Waals surface area contributed by atoms with Crippen molar-refractivity contribution < 1.29 is 9.90 Å². The van der Waals surface area contributed by atoms with Gasteiger partial charge in [-0.3, -0.25) is 0 Å². The summed E-state index contributed by atoms with van der Waals surface area (Å²) in [7, 11) is 0. The summed E-state index contributed by atoms with van der Waals surface area (Å²) in [5.74, 6) is -0.0222. The van der Waals surface area contributed by atoms with E-state index in [1.807, 2.05) is 0 Å². The van der Waals surface area contributed by atoms with E-state index in [2.05, 4.69) is 14.9 Å². The van der Waals surface area contributed by atoms with Crippen LogP contribution < -0.4 is 4.90 Å². The Hall–Kier alpha value is -1.69. The van der Waals surface area contributed by atoms with Crippen LogP contribution in [0.5, 0.6) is 0 Å². The van der Waals surface area contributed by atoms with E-state index in [0.29, 0.717) is 4.88 Å². The smallest absolute Gasteiger partial charge is 0.345 e. The van der Waals surface area contributed by atoms with E-state index in [9.17, 15) is 4.79 Å². The zero-order valence-electron chi connectivity index (χ0n) is 9.80. The van der Waals surface area contributed by atoms with Gasteiger partial charge in [0.15, 0.2) is 0 Å². The fourth-order valence-electron chi connectivity index (χ4n) is 2.31. The van der Waals surface area contributed by atoms with Crippen LogP contribution in [0.15, 0.2) is 12.4 Å². The molecule has 5 nitrogen and oxygen atoms in total. The first kappa shape index (κ1) is 11.4.